The summed E-state index contributed by atoms with van der Waals surface area (Å²) < 4.78 is 4.46. The fourth-order valence-electron chi connectivity index (χ4n) is 1.34. The number of hydrogen-bond acceptors (Lipinski definition) is 6. The highest BCUT2D eigenvalue weighted by molar-refractivity contribution is 5.94. The highest BCUT2D eigenvalue weighted by Gasteiger charge is 2.23. The normalized spacial score (nSPS) is 9.47. The SMILES string of the molecule is COC(=O)c1cc(CN)cc([N+](=O)[O-])c1C#N. The zero-order valence-electron chi connectivity index (χ0n) is 8.97. The number of rotatable bonds is 3. The number of carbonyl (C=O) groups is 1. The van der Waals surface area contributed by atoms with Gasteiger partial charge in [0, 0.05) is 12.6 Å². The van der Waals surface area contributed by atoms with E-state index >= 15 is 0 Å². The van der Waals surface area contributed by atoms with Gasteiger partial charge in [-0.3, -0.25) is 10.1 Å². The lowest BCUT2D eigenvalue weighted by Crippen LogP contribution is -2.09. The summed E-state index contributed by atoms with van der Waals surface area (Å²) in [5, 5.41) is 19.6. The monoisotopic (exact) mass is 235 g/mol. The Balaban J connectivity index is 3.57. The number of nitro groups is 1. The maximum Gasteiger partial charge on any atom is 0.339 e. The largest absolute Gasteiger partial charge is 0.465 e. The van der Waals surface area contributed by atoms with E-state index in [0.29, 0.717) is 5.56 Å². The van der Waals surface area contributed by atoms with Gasteiger partial charge in [-0.1, -0.05) is 0 Å². The molecular weight excluding hydrogens is 226 g/mol. The number of ether oxygens (including phenoxy) is 1. The Labute approximate surface area is 96.6 Å². The van der Waals surface area contributed by atoms with Crippen LogP contribution in [-0.2, 0) is 11.3 Å². The molecule has 7 heteroatoms. The third-order valence-corrected chi connectivity index (χ3v) is 2.13. The number of nitro benzene ring substituents is 1. The lowest BCUT2D eigenvalue weighted by molar-refractivity contribution is -0.385. The molecule has 88 valence electrons. The van der Waals surface area contributed by atoms with Crippen LogP contribution in [0.15, 0.2) is 12.1 Å². The third-order valence-electron chi connectivity index (χ3n) is 2.13. The van der Waals surface area contributed by atoms with Crippen LogP contribution in [0.4, 0.5) is 5.69 Å². The summed E-state index contributed by atoms with van der Waals surface area (Å²) in [5.74, 6) is -0.806. The fourth-order valence-corrected chi connectivity index (χ4v) is 1.34. The molecule has 0 spiro atoms. The Hall–Kier alpha value is -2.46. The molecule has 1 aromatic carbocycles. The number of esters is 1. The molecule has 0 saturated heterocycles. The van der Waals surface area contributed by atoms with E-state index in [-0.39, 0.29) is 17.7 Å². The minimum absolute atomic E-state index is 0.0243. The van der Waals surface area contributed by atoms with E-state index in [4.69, 9.17) is 11.0 Å². The molecule has 0 heterocycles. The van der Waals surface area contributed by atoms with Gasteiger partial charge in [0.2, 0.25) is 0 Å². The molecule has 17 heavy (non-hydrogen) atoms. The summed E-state index contributed by atoms with van der Waals surface area (Å²) in [6.45, 7) is 0.0243. The van der Waals surface area contributed by atoms with E-state index in [1.165, 1.54) is 12.1 Å². The maximum atomic E-state index is 11.4. The van der Waals surface area contributed by atoms with Crippen molar-refractivity contribution >= 4 is 11.7 Å². The number of benzene rings is 1. The molecule has 0 amide bonds. The van der Waals surface area contributed by atoms with Crippen LogP contribution in [0.3, 0.4) is 0 Å². The predicted molar refractivity (Wildman–Crippen MR) is 57.0 cm³/mol. The van der Waals surface area contributed by atoms with Crippen molar-refractivity contribution in [2.75, 3.05) is 7.11 Å². The quantitative estimate of drug-likeness (QED) is 0.468. The number of nitrogens with zero attached hydrogens (tertiary/aromatic N) is 2. The van der Waals surface area contributed by atoms with Crippen molar-refractivity contribution in [1.82, 2.24) is 0 Å². The minimum atomic E-state index is -0.806. The molecule has 0 fully saturated rings. The second kappa shape index (κ2) is 5.05. The molecule has 0 radical (unpaired) electrons. The first-order valence-corrected chi connectivity index (χ1v) is 4.55. The molecule has 0 aliphatic rings. The van der Waals surface area contributed by atoms with Crippen molar-refractivity contribution < 1.29 is 14.5 Å². The molecule has 0 atom stereocenters. The highest BCUT2D eigenvalue weighted by atomic mass is 16.6. The number of methoxy groups -OCH3 is 1. The molecule has 0 bridgehead atoms. The lowest BCUT2D eigenvalue weighted by Gasteiger charge is -2.05. The highest BCUT2D eigenvalue weighted by Crippen LogP contribution is 2.24. The first-order chi connectivity index (χ1) is 8.04. The van der Waals surface area contributed by atoms with Gasteiger partial charge in [-0.2, -0.15) is 5.26 Å². The summed E-state index contributed by atoms with van der Waals surface area (Å²) >= 11 is 0. The fraction of sp³-hybridized carbons (Fsp3) is 0.200. The van der Waals surface area contributed by atoms with Crippen LogP contribution in [-0.4, -0.2) is 18.0 Å². The van der Waals surface area contributed by atoms with Gasteiger partial charge in [0.25, 0.3) is 5.69 Å². The molecule has 1 aromatic rings. The summed E-state index contributed by atoms with van der Waals surface area (Å²) in [4.78, 5) is 21.4. The topological polar surface area (TPSA) is 119 Å². The number of hydrogen-bond donors (Lipinski definition) is 1. The van der Waals surface area contributed by atoms with E-state index in [2.05, 4.69) is 4.74 Å². The average Bonchev–Trinajstić information content (AvgIpc) is 2.35. The molecule has 0 saturated carbocycles. The smallest absolute Gasteiger partial charge is 0.339 e. The van der Waals surface area contributed by atoms with Gasteiger partial charge >= 0.3 is 5.97 Å². The average molecular weight is 235 g/mol. The summed E-state index contributed by atoms with van der Waals surface area (Å²) in [7, 11) is 1.13. The van der Waals surface area contributed by atoms with Crippen LogP contribution in [0.2, 0.25) is 0 Å². The number of carbonyl (C=O) groups excluding carboxylic acids is 1. The molecule has 0 aliphatic heterocycles. The summed E-state index contributed by atoms with van der Waals surface area (Å²) in [5.41, 5.74) is 4.83. The van der Waals surface area contributed by atoms with Gasteiger partial charge in [0.1, 0.15) is 11.6 Å². The summed E-state index contributed by atoms with van der Waals surface area (Å²) in [6, 6.07) is 4.12. The number of nitriles is 1. The molecule has 0 aliphatic carbocycles. The third kappa shape index (κ3) is 2.38. The predicted octanol–water partition coefficient (Wildman–Crippen LogP) is 0.712. The second-order valence-corrected chi connectivity index (χ2v) is 3.10. The van der Waals surface area contributed by atoms with E-state index in [9.17, 15) is 14.9 Å². The van der Waals surface area contributed by atoms with Gasteiger partial charge in [-0.25, -0.2) is 4.79 Å². The standard InChI is InChI=1S/C10H9N3O4/c1-17-10(14)7-2-6(4-11)3-9(13(15)16)8(7)5-12/h2-3H,4,11H2,1H3. The Morgan fingerprint density at radius 2 is 2.29 bits per heavy atom. The van der Waals surface area contributed by atoms with Gasteiger partial charge in [0.05, 0.1) is 17.6 Å². The second-order valence-electron chi connectivity index (χ2n) is 3.10. The van der Waals surface area contributed by atoms with Gasteiger partial charge in [0.15, 0.2) is 0 Å². The lowest BCUT2D eigenvalue weighted by atomic mass is 10.0. The van der Waals surface area contributed by atoms with Gasteiger partial charge in [-0.15, -0.1) is 0 Å². The van der Waals surface area contributed by atoms with Crippen LogP contribution in [0.5, 0.6) is 0 Å². The van der Waals surface area contributed by atoms with E-state index < -0.39 is 16.6 Å². The van der Waals surface area contributed by atoms with E-state index in [0.717, 1.165) is 7.11 Å². The minimum Gasteiger partial charge on any atom is -0.465 e. The Kier molecular flexibility index (Phi) is 3.74. The zero-order valence-corrected chi connectivity index (χ0v) is 8.97. The zero-order chi connectivity index (χ0) is 13.0. The molecule has 1 rings (SSSR count). The van der Waals surface area contributed by atoms with Crippen molar-refractivity contribution in [3.05, 3.63) is 38.9 Å². The Morgan fingerprint density at radius 1 is 1.65 bits per heavy atom. The molecule has 0 unspecified atom stereocenters. The van der Waals surface area contributed by atoms with Crippen molar-refractivity contribution in [2.24, 2.45) is 5.73 Å². The van der Waals surface area contributed by atoms with Crippen molar-refractivity contribution in [1.29, 1.82) is 5.26 Å². The van der Waals surface area contributed by atoms with Crippen LogP contribution < -0.4 is 5.73 Å². The molecule has 2 N–H and O–H groups in total. The van der Waals surface area contributed by atoms with Crippen molar-refractivity contribution in [3.8, 4) is 6.07 Å². The van der Waals surface area contributed by atoms with Crippen LogP contribution >= 0.6 is 0 Å². The maximum absolute atomic E-state index is 11.4. The van der Waals surface area contributed by atoms with Crippen molar-refractivity contribution in [3.63, 3.8) is 0 Å². The summed E-state index contributed by atoms with van der Waals surface area (Å²) in [6.07, 6.45) is 0. The van der Waals surface area contributed by atoms with Crippen LogP contribution in [0, 0.1) is 21.4 Å². The van der Waals surface area contributed by atoms with E-state index in [1.54, 1.807) is 6.07 Å². The molecular formula is C10H9N3O4. The van der Waals surface area contributed by atoms with Crippen LogP contribution in [0.25, 0.3) is 0 Å². The Bertz CT molecular complexity index is 519. The van der Waals surface area contributed by atoms with Gasteiger partial charge in [-0.05, 0) is 11.6 Å². The van der Waals surface area contributed by atoms with E-state index in [1.807, 2.05) is 0 Å². The molecule has 0 aromatic heterocycles. The van der Waals surface area contributed by atoms with Gasteiger partial charge < -0.3 is 10.5 Å². The Morgan fingerprint density at radius 3 is 2.71 bits per heavy atom. The first-order valence-electron chi connectivity index (χ1n) is 4.55. The first kappa shape index (κ1) is 12.6. The molecule has 7 nitrogen and oxygen atoms in total. The number of nitrogens with two attached hydrogens (primary N) is 1. The van der Waals surface area contributed by atoms with Crippen LogP contribution in [0.1, 0.15) is 21.5 Å². The van der Waals surface area contributed by atoms with Crippen molar-refractivity contribution in [2.45, 2.75) is 6.54 Å².